The van der Waals surface area contributed by atoms with Gasteiger partial charge in [-0.2, -0.15) is 0 Å². The largest absolute Gasteiger partial charge is 0.393 e. The molecule has 0 radical (unpaired) electrons. The van der Waals surface area contributed by atoms with Crippen molar-refractivity contribution in [1.29, 1.82) is 0 Å². The molecule has 90 valence electrons. The molecular weight excluding hydrogens is 269 g/mol. The first-order chi connectivity index (χ1) is 7.40. The molecule has 0 aliphatic heterocycles. The zero-order chi connectivity index (χ0) is 12.3. The number of hydrogen-bond donors (Lipinski definition) is 2. The normalized spacial score (nSPS) is 14.6. The molecular formula is C10H13Cl2NO2S. The minimum Gasteiger partial charge on any atom is -0.393 e. The molecule has 3 nitrogen and oxygen atoms in total. The molecule has 2 unspecified atom stereocenters. The molecule has 0 aliphatic carbocycles. The molecule has 6 heteroatoms. The van der Waals surface area contributed by atoms with E-state index in [0.717, 1.165) is 11.3 Å². The maximum atomic E-state index is 11.7. The van der Waals surface area contributed by atoms with E-state index >= 15 is 0 Å². The topological polar surface area (TPSA) is 49.3 Å². The van der Waals surface area contributed by atoms with Crippen LogP contribution in [-0.4, -0.2) is 23.2 Å². The highest BCUT2D eigenvalue weighted by Gasteiger charge is 2.16. The van der Waals surface area contributed by atoms with Gasteiger partial charge in [0.15, 0.2) is 0 Å². The van der Waals surface area contributed by atoms with Crippen LogP contribution in [0.25, 0.3) is 0 Å². The fourth-order valence-corrected chi connectivity index (χ4v) is 2.83. The zero-order valence-electron chi connectivity index (χ0n) is 8.96. The number of carbonyl (C=O) groups is 1. The Hall–Kier alpha value is -0.290. The molecule has 0 saturated carbocycles. The predicted octanol–water partition coefficient (Wildman–Crippen LogP) is 2.94. The van der Waals surface area contributed by atoms with Crippen LogP contribution in [0.5, 0.6) is 0 Å². The maximum Gasteiger partial charge on any atom is 0.253 e. The monoisotopic (exact) mass is 281 g/mol. The smallest absolute Gasteiger partial charge is 0.253 e. The number of carbonyl (C=O) groups excluding carboxylic acids is 1. The van der Waals surface area contributed by atoms with E-state index in [1.165, 1.54) is 0 Å². The standard InChI is InChI=1S/C10H13Cl2NO2S/c1-5(3-6(2)14)13-10(15)7-4-8(11)16-9(7)12/h4-6,14H,3H2,1-2H3,(H,13,15). The second-order valence-corrected chi connectivity index (χ2v) is 5.98. The van der Waals surface area contributed by atoms with Gasteiger partial charge in [-0.1, -0.05) is 23.2 Å². The van der Waals surface area contributed by atoms with Crippen LogP contribution in [0, 0.1) is 0 Å². The maximum absolute atomic E-state index is 11.7. The lowest BCUT2D eigenvalue weighted by Gasteiger charge is -2.14. The molecule has 0 bridgehead atoms. The van der Waals surface area contributed by atoms with Crippen LogP contribution in [-0.2, 0) is 0 Å². The quantitative estimate of drug-likeness (QED) is 0.892. The summed E-state index contributed by atoms with van der Waals surface area (Å²) >= 11 is 12.8. The molecule has 0 aromatic carbocycles. The Kier molecular flexibility index (Phi) is 5.05. The van der Waals surface area contributed by atoms with Crippen LogP contribution in [0.4, 0.5) is 0 Å². The molecule has 0 fully saturated rings. The van der Waals surface area contributed by atoms with Gasteiger partial charge in [0, 0.05) is 6.04 Å². The van der Waals surface area contributed by atoms with Crippen LogP contribution in [0.3, 0.4) is 0 Å². The molecule has 16 heavy (non-hydrogen) atoms. The minimum atomic E-state index is -0.447. The number of aliphatic hydroxyl groups excluding tert-OH is 1. The van der Waals surface area contributed by atoms with Crippen molar-refractivity contribution in [2.24, 2.45) is 0 Å². The highest BCUT2D eigenvalue weighted by molar-refractivity contribution is 7.20. The average Bonchev–Trinajstić information content (AvgIpc) is 2.43. The fraction of sp³-hybridized carbons (Fsp3) is 0.500. The van der Waals surface area contributed by atoms with Gasteiger partial charge in [-0.3, -0.25) is 4.79 Å². The van der Waals surface area contributed by atoms with Crippen molar-refractivity contribution >= 4 is 40.4 Å². The van der Waals surface area contributed by atoms with E-state index in [2.05, 4.69) is 5.32 Å². The van der Waals surface area contributed by atoms with Gasteiger partial charge in [0.25, 0.3) is 5.91 Å². The van der Waals surface area contributed by atoms with Gasteiger partial charge in [0.2, 0.25) is 0 Å². The van der Waals surface area contributed by atoms with E-state index in [1.54, 1.807) is 13.0 Å². The number of hydrogen-bond acceptors (Lipinski definition) is 3. The van der Waals surface area contributed by atoms with Crippen LogP contribution >= 0.6 is 34.5 Å². The lowest BCUT2D eigenvalue weighted by molar-refractivity contribution is 0.0923. The third-order valence-electron chi connectivity index (χ3n) is 1.97. The van der Waals surface area contributed by atoms with Crippen molar-refractivity contribution in [1.82, 2.24) is 5.32 Å². The summed E-state index contributed by atoms with van der Waals surface area (Å²) in [5, 5.41) is 11.9. The van der Waals surface area contributed by atoms with E-state index in [-0.39, 0.29) is 11.9 Å². The number of amides is 1. The lowest BCUT2D eigenvalue weighted by atomic mass is 10.1. The zero-order valence-corrected chi connectivity index (χ0v) is 11.3. The molecule has 1 heterocycles. The SMILES string of the molecule is CC(O)CC(C)NC(=O)c1cc(Cl)sc1Cl. The molecule has 1 rings (SSSR count). The molecule has 1 aromatic rings. The van der Waals surface area contributed by atoms with E-state index < -0.39 is 6.10 Å². The van der Waals surface area contributed by atoms with Gasteiger partial charge in [-0.15, -0.1) is 11.3 Å². The Morgan fingerprint density at radius 3 is 2.62 bits per heavy atom. The summed E-state index contributed by atoms with van der Waals surface area (Å²) in [6, 6.07) is 1.43. The molecule has 0 spiro atoms. The minimum absolute atomic E-state index is 0.109. The highest BCUT2D eigenvalue weighted by atomic mass is 35.5. The first-order valence-corrected chi connectivity index (χ1v) is 6.41. The number of rotatable bonds is 4. The van der Waals surface area contributed by atoms with Crippen molar-refractivity contribution in [2.45, 2.75) is 32.4 Å². The van der Waals surface area contributed by atoms with E-state index in [1.807, 2.05) is 6.92 Å². The van der Waals surface area contributed by atoms with Gasteiger partial charge in [0.1, 0.15) is 4.34 Å². The van der Waals surface area contributed by atoms with E-state index in [4.69, 9.17) is 28.3 Å². The number of thiophene rings is 1. The third kappa shape index (κ3) is 3.94. The summed E-state index contributed by atoms with van der Waals surface area (Å²) in [6.07, 6.45) is 0.0538. The molecule has 1 aromatic heterocycles. The Labute approximate surface area is 108 Å². The first-order valence-electron chi connectivity index (χ1n) is 4.84. The molecule has 1 amide bonds. The van der Waals surface area contributed by atoms with E-state index in [9.17, 15) is 4.79 Å². The van der Waals surface area contributed by atoms with Crippen molar-refractivity contribution in [3.63, 3.8) is 0 Å². The fourth-order valence-electron chi connectivity index (χ4n) is 1.37. The van der Waals surface area contributed by atoms with Crippen LogP contribution in [0.2, 0.25) is 8.67 Å². The first kappa shape index (κ1) is 13.8. The van der Waals surface area contributed by atoms with Gasteiger partial charge in [-0.05, 0) is 26.3 Å². The predicted molar refractivity (Wildman–Crippen MR) is 67.6 cm³/mol. The lowest BCUT2D eigenvalue weighted by Crippen LogP contribution is -2.34. The Morgan fingerprint density at radius 1 is 1.56 bits per heavy atom. The van der Waals surface area contributed by atoms with Crippen molar-refractivity contribution in [3.8, 4) is 0 Å². The Bertz CT molecular complexity index is 379. The van der Waals surface area contributed by atoms with Crippen molar-refractivity contribution in [3.05, 3.63) is 20.3 Å². The average molecular weight is 282 g/mol. The summed E-state index contributed by atoms with van der Waals surface area (Å²) in [7, 11) is 0. The van der Waals surface area contributed by atoms with Crippen molar-refractivity contribution < 1.29 is 9.90 Å². The molecule has 0 saturated heterocycles. The molecule has 2 atom stereocenters. The number of nitrogens with one attached hydrogen (secondary N) is 1. The summed E-state index contributed by atoms with van der Waals surface area (Å²) < 4.78 is 0.866. The Balaban J connectivity index is 2.62. The van der Waals surface area contributed by atoms with Crippen LogP contribution in [0.15, 0.2) is 6.07 Å². The second kappa shape index (κ2) is 5.87. The highest BCUT2D eigenvalue weighted by Crippen LogP contribution is 2.31. The summed E-state index contributed by atoms with van der Waals surface area (Å²) in [6.45, 7) is 3.50. The molecule has 2 N–H and O–H groups in total. The van der Waals surface area contributed by atoms with Gasteiger partial charge < -0.3 is 10.4 Å². The Morgan fingerprint density at radius 2 is 2.19 bits per heavy atom. The second-order valence-electron chi connectivity index (χ2n) is 3.70. The van der Waals surface area contributed by atoms with E-state index in [0.29, 0.717) is 20.7 Å². The van der Waals surface area contributed by atoms with Crippen LogP contribution in [0.1, 0.15) is 30.6 Å². The van der Waals surface area contributed by atoms with Gasteiger partial charge >= 0.3 is 0 Å². The summed E-state index contributed by atoms with van der Waals surface area (Å²) in [5.41, 5.74) is 0.383. The number of halogens is 2. The molecule has 0 aliphatic rings. The van der Waals surface area contributed by atoms with Gasteiger partial charge in [0.05, 0.1) is 16.0 Å². The van der Waals surface area contributed by atoms with Crippen LogP contribution < -0.4 is 5.32 Å². The van der Waals surface area contributed by atoms with Crippen molar-refractivity contribution in [2.75, 3.05) is 0 Å². The summed E-state index contributed by atoms with van der Waals surface area (Å²) in [5.74, 6) is -0.263. The van der Waals surface area contributed by atoms with Gasteiger partial charge in [-0.25, -0.2) is 0 Å². The number of aliphatic hydroxyl groups is 1. The third-order valence-corrected chi connectivity index (χ3v) is 3.46. The summed E-state index contributed by atoms with van der Waals surface area (Å²) in [4.78, 5) is 11.7.